The van der Waals surface area contributed by atoms with E-state index in [1.165, 1.54) is 6.07 Å². The van der Waals surface area contributed by atoms with E-state index in [2.05, 4.69) is 25.8 Å². The fourth-order valence-corrected chi connectivity index (χ4v) is 3.95. The molecule has 0 spiro atoms. The van der Waals surface area contributed by atoms with Crippen LogP contribution in [0.25, 0.3) is 10.2 Å². The second-order valence-corrected chi connectivity index (χ2v) is 7.13. The number of hydrogen-bond donors (Lipinski definition) is 0. The molecule has 0 amide bonds. The number of rotatable bonds is 6. The fraction of sp³-hybridized carbons (Fsp3) is 0.333. The van der Waals surface area contributed by atoms with Gasteiger partial charge in [0.15, 0.2) is 5.75 Å². The van der Waals surface area contributed by atoms with Crippen LogP contribution in [0.3, 0.4) is 0 Å². The van der Waals surface area contributed by atoms with Crippen LogP contribution in [-0.2, 0) is 0 Å². The van der Waals surface area contributed by atoms with Gasteiger partial charge in [-0.1, -0.05) is 12.1 Å². The van der Waals surface area contributed by atoms with E-state index in [4.69, 9.17) is 4.74 Å². The third-order valence-electron chi connectivity index (χ3n) is 4.64. The number of fused-ring (bicyclic) bond motifs is 1. The van der Waals surface area contributed by atoms with Crippen LogP contribution in [0, 0.1) is 10.1 Å². The summed E-state index contributed by atoms with van der Waals surface area (Å²) in [5, 5.41) is 14.2. The van der Waals surface area contributed by atoms with Crippen LogP contribution in [0.1, 0.15) is 0 Å². The molecule has 0 aliphatic carbocycles. The number of para-hydroxylation sites is 2. The number of ether oxygens (including phenoxy) is 1. The van der Waals surface area contributed by atoms with Crippen LogP contribution in [-0.4, -0.2) is 59.1 Å². The number of benzene rings is 1. The highest BCUT2D eigenvalue weighted by molar-refractivity contribution is 7.16. The lowest BCUT2D eigenvalue weighted by Gasteiger charge is -2.35. The van der Waals surface area contributed by atoms with Gasteiger partial charge in [0.2, 0.25) is 0 Å². The van der Waals surface area contributed by atoms with E-state index >= 15 is 0 Å². The SMILES string of the molecule is O=[N+]([O-])c1ccccc1OCCN1CCN(c2ncnc3sccc23)CC1. The maximum Gasteiger partial charge on any atom is 0.310 e. The van der Waals surface area contributed by atoms with Crippen molar-refractivity contribution in [3.8, 4) is 5.75 Å². The molecule has 140 valence electrons. The normalized spacial score (nSPS) is 15.2. The topological polar surface area (TPSA) is 84.6 Å². The molecule has 1 aliphatic heterocycles. The molecule has 2 aromatic heterocycles. The third kappa shape index (κ3) is 3.83. The lowest BCUT2D eigenvalue weighted by molar-refractivity contribution is -0.385. The van der Waals surface area contributed by atoms with Crippen molar-refractivity contribution in [1.29, 1.82) is 0 Å². The maximum absolute atomic E-state index is 11.0. The Labute approximate surface area is 160 Å². The van der Waals surface area contributed by atoms with Gasteiger partial charge in [-0.05, 0) is 17.5 Å². The molecule has 1 aromatic carbocycles. The molecule has 0 bridgehead atoms. The number of aromatic nitrogens is 2. The van der Waals surface area contributed by atoms with Crippen LogP contribution in [0.4, 0.5) is 11.5 Å². The van der Waals surface area contributed by atoms with Gasteiger partial charge >= 0.3 is 5.69 Å². The van der Waals surface area contributed by atoms with Gasteiger partial charge in [0.05, 0.1) is 10.3 Å². The number of nitro benzene ring substituents is 1. The summed E-state index contributed by atoms with van der Waals surface area (Å²) in [6.07, 6.45) is 1.63. The van der Waals surface area contributed by atoms with Gasteiger partial charge < -0.3 is 9.64 Å². The van der Waals surface area contributed by atoms with Crippen molar-refractivity contribution in [2.45, 2.75) is 0 Å². The average Bonchev–Trinajstić information content (AvgIpc) is 3.18. The standard InChI is InChI=1S/C18H19N5O3S/c24-23(25)15-3-1-2-4-16(15)26-11-10-21-6-8-22(9-7-21)17-14-5-12-27-18(14)20-13-19-17/h1-5,12-13H,6-11H2. The molecule has 27 heavy (non-hydrogen) atoms. The zero-order chi connectivity index (χ0) is 18.6. The summed E-state index contributed by atoms with van der Waals surface area (Å²) in [5.41, 5.74) is 0.00543. The smallest absolute Gasteiger partial charge is 0.310 e. The number of hydrogen-bond acceptors (Lipinski definition) is 8. The lowest BCUT2D eigenvalue weighted by atomic mass is 10.2. The van der Waals surface area contributed by atoms with Gasteiger partial charge in [0.25, 0.3) is 0 Å². The van der Waals surface area contributed by atoms with Gasteiger partial charge in [-0.25, -0.2) is 9.97 Å². The minimum Gasteiger partial charge on any atom is -0.485 e. The van der Waals surface area contributed by atoms with Crippen LogP contribution in [0.15, 0.2) is 42.0 Å². The maximum atomic E-state index is 11.0. The van der Waals surface area contributed by atoms with Gasteiger partial charge in [-0.15, -0.1) is 11.3 Å². The molecule has 1 aliphatic rings. The first-order valence-corrected chi connectivity index (χ1v) is 9.62. The van der Waals surface area contributed by atoms with Crippen molar-refractivity contribution in [3.05, 3.63) is 52.2 Å². The number of nitro groups is 1. The largest absolute Gasteiger partial charge is 0.485 e. The predicted molar refractivity (Wildman–Crippen MR) is 105 cm³/mol. The monoisotopic (exact) mass is 385 g/mol. The third-order valence-corrected chi connectivity index (χ3v) is 5.46. The highest BCUT2D eigenvalue weighted by Gasteiger charge is 2.20. The minimum absolute atomic E-state index is 0.00543. The Kier molecular flexibility index (Phi) is 5.12. The molecule has 1 saturated heterocycles. The summed E-state index contributed by atoms with van der Waals surface area (Å²) >= 11 is 1.63. The van der Waals surface area contributed by atoms with Gasteiger partial charge in [0.1, 0.15) is 23.6 Å². The van der Waals surface area contributed by atoms with Crippen LogP contribution in [0.2, 0.25) is 0 Å². The molecule has 0 saturated carbocycles. The summed E-state index contributed by atoms with van der Waals surface area (Å²) in [4.78, 5) is 25.0. The van der Waals surface area contributed by atoms with Crippen molar-refractivity contribution in [2.24, 2.45) is 0 Å². The number of nitrogens with zero attached hydrogens (tertiary/aromatic N) is 5. The molecule has 1 fully saturated rings. The van der Waals surface area contributed by atoms with Gasteiger partial charge in [0, 0.05) is 38.8 Å². The number of piperazine rings is 1. The molecular formula is C18H19N5O3S. The summed E-state index contributed by atoms with van der Waals surface area (Å²) in [6.45, 7) is 4.72. The summed E-state index contributed by atoms with van der Waals surface area (Å²) in [5.74, 6) is 1.32. The molecule has 8 nitrogen and oxygen atoms in total. The highest BCUT2D eigenvalue weighted by Crippen LogP contribution is 2.28. The van der Waals surface area contributed by atoms with Crippen LogP contribution in [0.5, 0.6) is 5.75 Å². The van der Waals surface area contributed by atoms with Crippen molar-refractivity contribution in [2.75, 3.05) is 44.2 Å². The number of anilines is 1. The Morgan fingerprint density at radius 1 is 1.15 bits per heavy atom. The Hall–Kier alpha value is -2.78. The molecule has 0 radical (unpaired) electrons. The van der Waals surface area contributed by atoms with E-state index in [-0.39, 0.29) is 5.69 Å². The van der Waals surface area contributed by atoms with E-state index in [0.717, 1.165) is 48.8 Å². The number of thiophene rings is 1. The molecule has 0 N–H and O–H groups in total. The van der Waals surface area contributed by atoms with E-state index in [9.17, 15) is 10.1 Å². The Bertz CT molecular complexity index is 939. The Morgan fingerprint density at radius 3 is 2.78 bits per heavy atom. The first kappa shape index (κ1) is 17.6. The van der Waals surface area contributed by atoms with Crippen molar-refractivity contribution < 1.29 is 9.66 Å². The summed E-state index contributed by atoms with van der Waals surface area (Å²) in [6, 6.07) is 8.55. The lowest BCUT2D eigenvalue weighted by Crippen LogP contribution is -2.47. The van der Waals surface area contributed by atoms with E-state index < -0.39 is 4.92 Å². The molecule has 4 rings (SSSR count). The minimum atomic E-state index is -0.416. The van der Waals surface area contributed by atoms with Crippen molar-refractivity contribution in [3.63, 3.8) is 0 Å². The molecule has 9 heteroatoms. The van der Waals surface area contributed by atoms with Gasteiger partial charge in [-0.3, -0.25) is 15.0 Å². The average molecular weight is 385 g/mol. The van der Waals surface area contributed by atoms with Crippen molar-refractivity contribution in [1.82, 2.24) is 14.9 Å². The summed E-state index contributed by atoms with van der Waals surface area (Å²) in [7, 11) is 0. The second kappa shape index (κ2) is 7.85. The molecule has 0 atom stereocenters. The quantitative estimate of drug-likeness (QED) is 0.476. The molecule has 3 aromatic rings. The predicted octanol–water partition coefficient (Wildman–Crippen LogP) is 2.80. The van der Waals surface area contributed by atoms with Crippen LogP contribution >= 0.6 is 11.3 Å². The molecule has 0 unspecified atom stereocenters. The fourth-order valence-electron chi connectivity index (χ4n) is 3.23. The Balaban J connectivity index is 1.30. The first-order chi connectivity index (χ1) is 13.2. The molecule has 3 heterocycles. The van der Waals surface area contributed by atoms with Crippen molar-refractivity contribution >= 4 is 33.1 Å². The Morgan fingerprint density at radius 2 is 1.96 bits per heavy atom. The van der Waals surface area contributed by atoms with E-state index in [0.29, 0.717) is 12.4 Å². The zero-order valence-corrected chi connectivity index (χ0v) is 15.5. The van der Waals surface area contributed by atoms with Gasteiger partial charge in [-0.2, -0.15) is 0 Å². The van der Waals surface area contributed by atoms with E-state index in [1.807, 2.05) is 5.38 Å². The summed E-state index contributed by atoms with van der Waals surface area (Å²) < 4.78 is 5.64. The highest BCUT2D eigenvalue weighted by atomic mass is 32.1. The zero-order valence-electron chi connectivity index (χ0n) is 14.7. The first-order valence-electron chi connectivity index (χ1n) is 8.74. The van der Waals surface area contributed by atoms with Crippen LogP contribution < -0.4 is 9.64 Å². The van der Waals surface area contributed by atoms with E-state index in [1.54, 1.807) is 35.9 Å². The molecular weight excluding hydrogens is 366 g/mol. The second-order valence-electron chi connectivity index (χ2n) is 6.24.